The molecule has 0 amide bonds. The number of halogens is 1. The van der Waals surface area contributed by atoms with Crippen molar-refractivity contribution in [3.63, 3.8) is 0 Å². The fraction of sp³-hybridized carbons (Fsp3) is 0.222. The number of alkyl halides is 1. The van der Waals surface area contributed by atoms with Crippen LogP contribution in [0.15, 0.2) is 29.4 Å². The first-order valence-electron chi connectivity index (χ1n) is 4.52. The summed E-state index contributed by atoms with van der Waals surface area (Å²) in [5, 5.41) is 7.11. The van der Waals surface area contributed by atoms with Gasteiger partial charge in [-0.1, -0.05) is 12.1 Å². The number of rotatable bonds is 3. The Morgan fingerprint density at radius 2 is 1.81 bits per heavy atom. The first-order valence-corrected chi connectivity index (χ1v) is 6.70. The Morgan fingerprint density at radius 1 is 1.12 bits per heavy atom. The van der Waals surface area contributed by atoms with Gasteiger partial charge >= 0.3 is 0 Å². The summed E-state index contributed by atoms with van der Waals surface area (Å²) in [5.74, 6) is -0.174. The molecule has 1 aromatic heterocycles. The molecule has 2 rings (SSSR count). The topological polar surface area (TPSA) is 72.8 Å². The molecule has 0 aliphatic heterocycles. The molecule has 84 valence electrons. The third-order valence-corrected chi connectivity index (χ3v) is 3.85. The van der Waals surface area contributed by atoms with Crippen LogP contribution in [0.3, 0.4) is 0 Å². The number of aromatic nitrogens is 3. The molecule has 0 saturated carbocycles. The van der Waals surface area contributed by atoms with Gasteiger partial charge in [0.05, 0.1) is 11.3 Å². The van der Waals surface area contributed by atoms with Gasteiger partial charge in [-0.25, -0.2) is 13.4 Å². The molecular weight excluding hydrogens is 250 g/mol. The second-order valence-electron chi connectivity index (χ2n) is 3.09. The van der Waals surface area contributed by atoms with Crippen molar-refractivity contribution in [3.8, 4) is 0 Å². The van der Waals surface area contributed by atoms with Crippen LogP contribution in [-0.4, -0.2) is 35.2 Å². The van der Waals surface area contributed by atoms with Crippen LogP contribution in [0, 0.1) is 0 Å². The van der Waals surface area contributed by atoms with Gasteiger partial charge in [-0.05, 0) is 12.1 Å². The number of nitrogens with zero attached hydrogens (tertiary/aromatic N) is 3. The van der Waals surface area contributed by atoms with E-state index in [1.54, 1.807) is 24.3 Å². The lowest BCUT2D eigenvalue weighted by Crippen LogP contribution is -2.12. The van der Waals surface area contributed by atoms with E-state index in [2.05, 4.69) is 15.2 Å². The fourth-order valence-corrected chi connectivity index (χ4v) is 2.59. The number of sulfone groups is 1. The van der Waals surface area contributed by atoms with E-state index in [9.17, 15) is 8.42 Å². The van der Waals surface area contributed by atoms with E-state index in [4.69, 9.17) is 11.6 Å². The molecule has 1 heterocycles. The molecule has 0 aliphatic carbocycles. The van der Waals surface area contributed by atoms with Crippen molar-refractivity contribution in [1.82, 2.24) is 15.2 Å². The lowest BCUT2D eigenvalue weighted by atomic mass is 10.3. The van der Waals surface area contributed by atoms with Crippen molar-refractivity contribution in [2.24, 2.45) is 0 Å². The number of para-hydroxylation sites is 1. The minimum Gasteiger partial charge on any atom is -0.220 e. The summed E-state index contributed by atoms with van der Waals surface area (Å²) in [5.41, 5.74) is 1.07. The number of benzene rings is 1. The van der Waals surface area contributed by atoms with Crippen LogP contribution in [0.2, 0.25) is 0 Å². The highest BCUT2D eigenvalue weighted by Gasteiger charge is 2.18. The molecule has 0 unspecified atom stereocenters. The molecule has 0 atom stereocenters. The molecule has 0 N–H and O–H groups in total. The Kier molecular flexibility index (Phi) is 3.02. The molecule has 0 saturated heterocycles. The van der Waals surface area contributed by atoms with Crippen molar-refractivity contribution in [2.75, 3.05) is 11.6 Å². The Morgan fingerprint density at radius 3 is 2.50 bits per heavy atom. The lowest BCUT2D eigenvalue weighted by molar-refractivity contribution is 0.586. The van der Waals surface area contributed by atoms with Crippen molar-refractivity contribution in [3.05, 3.63) is 24.3 Å². The molecule has 7 heteroatoms. The molecule has 16 heavy (non-hydrogen) atoms. The maximum Gasteiger partial charge on any atom is 0.268 e. The van der Waals surface area contributed by atoms with Gasteiger partial charge in [0.15, 0.2) is 0 Å². The summed E-state index contributed by atoms with van der Waals surface area (Å²) in [4.78, 5) is 3.95. The molecular formula is C9H8ClN3O2S. The van der Waals surface area contributed by atoms with Crippen LogP contribution >= 0.6 is 11.6 Å². The second kappa shape index (κ2) is 4.31. The summed E-state index contributed by atoms with van der Waals surface area (Å²) in [6, 6.07) is 6.94. The van der Waals surface area contributed by atoms with E-state index >= 15 is 0 Å². The predicted molar refractivity (Wildman–Crippen MR) is 60.1 cm³/mol. The minimum absolute atomic E-state index is 0.0124. The number of hydrogen-bond donors (Lipinski definition) is 0. The summed E-state index contributed by atoms with van der Waals surface area (Å²) in [7, 11) is -3.52. The average Bonchev–Trinajstić information content (AvgIpc) is 2.28. The normalized spacial score (nSPS) is 11.8. The quantitative estimate of drug-likeness (QED) is 0.768. The highest BCUT2D eigenvalue weighted by Crippen LogP contribution is 2.10. The fourth-order valence-electron chi connectivity index (χ4n) is 1.19. The average molecular weight is 258 g/mol. The van der Waals surface area contributed by atoms with Crippen LogP contribution in [0.25, 0.3) is 11.0 Å². The first-order chi connectivity index (χ1) is 7.63. The minimum atomic E-state index is -3.52. The summed E-state index contributed by atoms with van der Waals surface area (Å²) in [6.07, 6.45) is 0. The van der Waals surface area contributed by atoms with E-state index in [1.807, 2.05) is 0 Å². The van der Waals surface area contributed by atoms with Crippen molar-refractivity contribution in [2.45, 2.75) is 5.16 Å². The van der Waals surface area contributed by atoms with Crippen LogP contribution in [0.4, 0.5) is 0 Å². The van der Waals surface area contributed by atoms with E-state index < -0.39 is 9.84 Å². The van der Waals surface area contributed by atoms with E-state index in [1.165, 1.54) is 0 Å². The summed E-state index contributed by atoms with van der Waals surface area (Å²) in [6.45, 7) is 0. The Labute approximate surface area is 97.4 Å². The van der Waals surface area contributed by atoms with E-state index in [0.717, 1.165) is 0 Å². The van der Waals surface area contributed by atoms with Gasteiger partial charge in [-0.3, -0.25) is 0 Å². The second-order valence-corrected chi connectivity index (χ2v) is 5.47. The lowest BCUT2D eigenvalue weighted by Gasteiger charge is -2.00. The Balaban J connectivity index is 2.55. The van der Waals surface area contributed by atoms with Gasteiger partial charge in [-0.15, -0.1) is 21.8 Å². The Bertz CT molecular complexity index is 615. The molecule has 0 bridgehead atoms. The van der Waals surface area contributed by atoms with Gasteiger partial charge in [0, 0.05) is 5.88 Å². The monoisotopic (exact) mass is 257 g/mol. The zero-order valence-electron chi connectivity index (χ0n) is 8.17. The van der Waals surface area contributed by atoms with Crippen molar-refractivity contribution < 1.29 is 8.42 Å². The van der Waals surface area contributed by atoms with Gasteiger partial charge < -0.3 is 0 Å². The molecule has 0 radical (unpaired) electrons. The molecule has 0 aliphatic rings. The summed E-state index contributed by atoms with van der Waals surface area (Å²) >= 11 is 5.40. The highest BCUT2D eigenvalue weighted by molar-refractivity contribution is 7.91. The van der Waals surface area contributed by atoms with Gasteiger partial charge in [0.2, 0.25) is 9.84 Å². The van der Waals surface area contributed by atoms with Gasteiger partial charge in [0.25, 0.3) is 5.16 Å². The van der Waals surface area contributed by atoms with Crippen LogP contribution in [0.5, 0.6) is 0 Å². The third kappa shape index (κ3) is 2.12. The third-order valence-electron chi connectivity index (χ3n) is 1.97. The SMILES string of the molecule is O=S(=O)(CCCl)c1nnc2ccccc2n1. The van der Waals surface area contributed by atoms with E-state index in [0.29, 0.717) is 11.0 Å². The molecule has 1 aromatic carbocycles. The van der Waals surface area contributed by atoms with Gasteiger partial charge in [-0.2, -0.15) is 0 Å². The predicted octanol–water partition coefficient (Wildman–Crippen LogP) is 1.04. The molecule has 0 fully saturated rings. The van der Waals surface area contributed by atoms with Crippen molar-refractivity contribution >= 4 is 32.5 Å². The number of hydrogen-bond acceptors (Lipinski definition) is 5. The largest absolute Gasteiger partial charge is 0.268 e. The zero-order chi connectivity index (χ0) is 11.6. The van der Waals surface area contributed by atoms with Crippen LogP contribution in [0.1, 0.15) is 0 Å². The van der Waals surface area contributed by atoms with Gasteiger partial charge in [0.1, 0.15) is 5.52 Å². The maximum absolute atomic E-state index is 11.6. The van der Waals surface area contributed by atoms with Crippen LogP contribution < -0.4 is 0 Å². The van der Waals surface area contributed by atoms with E-state index in [-0.39, 0.29) is 16.8 Å². The molecule has 0 spiro atoms. The Hall–Kier alpha value is -1.27. The summed E-state index contributed by atoms with van der Waals surface area (Å²) < 4.78 is 23.3. The highest BCUT2D eigenvalue weighted by atomic mass is 35.5. The maximum atomic E-state index is 11.6. The molecule has 5 nitrogen and oxygen atoms in total. The molecule has 2 aromatic rings. The standard InChI is InChI=1S/C9H8ClN3O2S/c10-5-6-16(14,15)9-11-7-3-1-2-4-8(7)12-13-9/h1-4H,5-6H2. The number of fused-ring (bicyclic) bond motifs is 1. The first kappa shape index (κ1) is 11.2. The van der Waals surface area contributed by atoms with Crippen molar-refractivity contribution in [1.29, 1.82) is 0 Å². The van der Waals surface area contributed by atoms with Crippen LogP contribution in [-0.2, 0) is 9.84 Å². The smallest absolute Gasteiger partial charge is 0.220 e. The zero-order valence-corrected chi connectivity index (χ0v) is 9.74.